The van der Waals surface area contributed by atoms with Gasteiger partial charge in [-0.25, -0.2) is 8.78 Å². The molecule has 1 aromatic rings. The normalized spacial score (nSPS) is 10.4. The highest BCUT2D eigenvalue weighted by molar-refractivity contribution is 5.78. The minimum absolute atomic E-state index is 0.0228. The smallest absolute Gasteiger partial charge is 0.226 e. The van der Waals surface area contributed by atoms with E-state index in [4.69, 9.17) is 5.11 Å². The first kappa shape index (κ1) is 14.6. The summed E-state index contributed by atoms with van der Waals surface area (Å²) in [5.74, 6) is -2.02. The van der Waals surface area contributed by atoms with Gasteiger partial charge in [0.1, 0.15) is 0 Å². The van der Waals surface area contributed by atoms with Crippen molar-refractivity contribution in [2.75, 3.05) is 19.7 Å². The lowest BCUT2D eigenvalue weighted by molar-refractivity contribution is -0.130. The Morgan fingerprint density at radius 3 is 2.61 bits per heavy atom. The van der Waals surface area contributed by atoms with Crippen molar-refractivity contribution < 1.29 is 18.7 Å². The molecule has 100 valence electrons. The Balaban J connectivity index is 2.64. The average Bonchev–Trinajstić information content (AvgIpc) is 2.35. The number of hydrogen-bond donors (Lipinski definition) is 1. The molecule has 3 nitrogen and oxygen atoms in total. The third-order valence-corrected chi connectivity index (χ3v) is 2.66. The Hall–Kier alpha value is -1.49. The summed E-state index contributed by atoms with van der Waals surface area (Å²) in [6, 6.07) is 3.45. The van der Waals surface area contributed by atoms with Gasteiger partial charge in [0.05, 0.1) is 6.42 Å². The van der Waals surface area contributed by atoms with Gasteiger partial charge in [0.2, 0.25) is 5.91 Å². The van der Waals surface area contributed by atoms with E-state index in [1.54, 1.807) is 4.90 Å². The zero-order chi connectivity index (χ0) is 13.5. The van der Waals surface area contributed by atoms with Crippen molar-refractivity contribution in [2.45, 2.75) is 19.8 Å². The zero-order valence-electron chi connectivity index (χ0n) is 10.3. The van der Waals surface area contributed by atoms with E-state index in [0.29, 0.717) is 25.1 Å². The van der Waals surface area contributed by atoms with Gasteiger partial charge < -0.3 is 10.0 Å². The standard InChI is InChI=1S/C13H17F2NO2/c1-2-16(6-3-7-17)13(18)9-10-4-5-11(14)12(15)8-10/h4-5,8,17H,2-3,6-7,9H2,1H3. The van der Waals surface area contributed by atoms with Crippen LogP contribution < -0.4 is 0 Å². The van der Waals surface area contributed by atoms with Gasteiger partial charge in [-0.2, -0.15) is 0 Å². The van der Waals surface area contributed by atoms with Crippen LogP contribution in [0.5, 0.6) is 0 Å². The van der Waals surface area contributed by atoms with E-state index < -0.39 is 11.6 Å². The summed E-state index contributed by atoms with van der Waals surface area (Å²) in [4.78, 5) is 13.5. The molecule has 0 aliphatic carbocycles. The molecule has 0 fully saturated rings. The molecule has 1 amide bonds. The number of amides is 1. The van der Waals surface area contributed by atoms with Crippen molar-refractivity contribution in [3.05, 3.63) is 35.4 Å². The van der Waals surface area contributed by atoms with Crippen molar-refractivity contribution >= 4 is 5.91 Å². The van der Waals surface area contributed by atoms with Gasteiger partial charge in [0, 0.05) is 19.7 Å². The second-order valence-electron chi connectivity index (χ2n) is 3.98. The maximum atomic E-state index is 13.0. The second kappa shape index (κ2) is 7.06. The van der Waals surface area contributed by atoms with Gasteiger partial charge in [-0.15, -0.1) is 0 Å². The van der Waals surface area contributed by atoms with Gasteiger partial charge in [-0.3, -0.25) is 4.79 Å². The molecule has 0 saturated heterocycles. The summed E-state index contributed by atoms with van der Waals surface area (Å²) in [6.45, 7) is 2.85. The van der Waals surface area contributed by atoms with Gasteiger partial charge >= 0.3 is 0 Å². The first-order valence-electron chi connectivity index (χ1n) is 5.91. The monoisotopic (exact) mass is 257 g/mol. The summed E-state index contributed by atoms with van der Waals surface area (Å²) in [6.07, 6.45) is 0.549. The number of hydrogen-bond acceptors (Lipinski definition) is 2. The van der Waals surface area contributed by atoms with Crippen LogP contribution in [0.25, 0.3) is 0 Å². The molecule has 0 spiro atoms. The molecule has 0 bridgehead atoms. The van der Waals surface area contributed by atoms with E-state index in [-0.39, 0.29) is 18.9 Å². The van der Waals surface area contributed by atoms with Crippen molar-refractivity contribution in [1.82, 2.24) is 4.90 Å². The fourth-order valence-electron chi connectivity index (χ4n) is 1.66. The third-order valence-electron chi connectivity index (χ3n) is 2.66. The molecule has 0 aromatic heterocycles. The van der Waals surface area contributed by atoms with Crippen molar-refractivity contribution in [2.24, 2.45) is 0 Å². The highest BCUT2D eigenvalue weighted by Gasteiger charge is 2.13. The predicted octanol–water partition coefficient (Wildman–Crippen LogP) is 1.74. The largest absolute Gasteiger partial charge is 0.396 e. The van der Waals surface area contributed by atoms with Crippen LogP contribution in [0, 0.1) is 11.6 Å². The Morgan fingerprint density at radius 2 is 2.06 bits per heavy atom. The molecule has 1 aromatic carbocycles. The lowest BCUT2D eigenvalue weighted by atomic mass is 10.1. The maximum absolute atomic E-state index is 13.0. The summed E-state index contributed by atoms with van der Waals surface area (Å²) in [5.41, 5.74) is 0.446. The fourth-order valence-corrected chi connectivity index (χ4v) is 1.66. The van der Waals surface area contributed by atoms with Crippen LogP contribution in [0.4, 0.5) is 8.78 Å². The Morgan fingerprint density at radius 1 is 1.33 bits per heavy atom. The summed E-state index contributed by atoms with van der Waals surface area (Å²) in [7, 11) is 0. The number of halogens is 2. The predicted molar refractivity (Wildman–Crippen MR) is 64.0 cm³/mol. The number of nitrogens with zero attached hydrogens (tertiary/aromatic N) is 1. The Bertz CT molecular complexity index is 410. The number of carbonyl (C=O) groups is 1. The van der Waals surface area contributed by atoms with E-state index in [0.717, 1.165) is 12.1 Å². The molecule has 0 aliphatic heterocycles. The minimum Gasteiger partial charge on any atom is -0.396 e. The number of aliphatic hydroxyl groups is 1. The molecular formula is C13H17F2NO2. The number of likely N-dealkylation sites (N-methyl/N-ethyl adjacent to an activating group) is 1. The van der Waals surface area contributed by atoms with E-state index in [1.807, 2.05) is 6.92 Å². The van der Waals surface area contributed by atoms with Crippen LogP contribution in [-0.2, 0) is 11.2 Å². The van der Waals surface area contributed by atoms with E-state index in [2.05, 4.69) is 0 Å². The second-order valence-corrected chi connectivity index (χ2v) is 3.98. The average molecular weight is 257 g/mol. The summed E-state index contributed by atoms with van der Waals surface area (Å²) >= 11 is 0. The number of rotatable bonds is 6. The first-order chi connectivity index (χ1) is 8.58. The molecule has 0 atom stereocenters. The van der Waals surface area contributed by atoms with E-state index in [1.165, 1.54) is 6.07 Å². The van der Waals surface area contributed by atoms with Gasteiger partial charge in [0.25, 0.3) is 0 Å². The molecule has 1 rings (SSSR count). The number of carbonyl (C=O) groups excluding carboxylic acids is 1. The molecule has 0 aliphatic rings. The van der Waals surface area contributed by atoms with Gasteiger partial charge in [-0.05, 0) is 31.0 Å². The highest BCUT2D eigenvalue weighted by atomic mass is 19.2. The van der Waals surface area contributed by atoms with E-state index >= 15 is 0 Å². The summed E-state index contributed by atoms with van der Waals surface area (Å²) < 4.78 is 25.7. The minimum atomic E-state index is -0.946. The lowest BCUT2D eigenvalue weighted by Crippen LogP contribution is -2.33. The molecule has 0 radical (unpaired) electrons. The number of aliphatic hydroxyl groups excluding tert-OH is 1. The molecule has 0 saturated carbocycles. The van der Waals surface area contributed by atoms with Crippen molar-refractivity contribution in [1.29, 1.82) is 0 Å². The van der Waals surface area contributed by atoms with E-state index in [9.17, 15) is 13.6 Å². The SMILES string of the molecule is CCN(CCCO)C(=O)Cc1ccc(F)c(F)c1. The summed E-state index contributed by atoms with van der Waals surface area (Å²) in [5, 5.41) is 8.72. The van der Waals surface area contributed by atoms with Crippen LogP contribution in [-0.4, -0.2) is 35.6 Å². The molecular weight excluding hydrogens is 240 g/mol. The maximum Gasteiger partial charge on any atom is 0.226 e. The topological polar surface area (TPSA) is 40.5 Å². The number of benzene rings is 1. The van der Waals surface area contributed by atoms with Crippen molar-refractivity contribution in [3.63, 3.8) is 0 Å². The van der Waals surface area contributed by atoms with Gasteiger partial charge in [0.15, 0.2) is 11.6 Å². The molecule has 0 heterocycles. The van der Waals surface area contributed by atoms with Gasteiger partial charge in [-0.1, -0.05) is 6.07 Å². The zero-order valence-corrected chi connectivity index (χ0v) is 10.3. The van der Waals surface area contributed by atoms with Crippen LogP contribution in [0.15, 0.2) is 18.2 Å². The van der Waals surface area contributed by atoms with Crippen LogP contribution >= 0.6 is 0 Å². The third kappa shape index (κ3) is 4.07. The molecule has 18 heavy (non-hydrogen) atoms. The van der Waals surface area contributed by atoms with Crippen LogP contribution in [0.1, 0.15) is 18.9 Å². The quantitative estimate of drug-likeness (QED) is 0.843. The fraction of sp³-hybridized carbons (Fsp3) is 0.462. The Labute approximate surface area is 105 Å². The molecule has 0 unspecified atom stereocenters. The van der Waals surface area contributed by atoms with Crippen LogP contribution in [0.2, 0.25) is 0 Å². The lowest BCUT2D eigenvalue weighted by Gasteiger charge is -2.20. The first-order valence-corrected chi connectivity index (χ1v) is 5.91. The van der Waals surface area contributed by atoms with Crippen molar-refractivity contribution in [3.8, 4) is 0 Å². The molecule has 1 N–H and O–H groups in total. The highest BCUT2D eigenvalue weighted by Crippen LogP contribution is 2.10. The van der Waals surface area contributed by atoms with Crippen LogP contribution in [0.3, 0.4) is 0 Å². The Kier molecular flexibility index (Phi) is 5.71. The molecule has 5 heteroatoms.